The van der Waals surface area contributed by atoms with Crippen LogP contribution in [0.25, 0.3) is 20.9 Å². The molecule has 0 aliphatic carbocycles. The zero-order valence-electron chi connectivity index (χ0n) is 26.3. The lowest BCUT2D eigenvalue weighted by molar-refractivity contribution is 0.412. The smallest absolute Gasteiger partial charge is 0.0345 e. The molecule has 0 saturated carbocycles. The van der Waals surface area contributed by atoms with Crippen LogP contribution in [0.2, 0.25) is 0 Å². The minimum atomic E-state index is 0.854. The SMILES string of the molecule is CCCCCCC(CCCC)Cc1ccc(-c2cccc(-c3ccc(CC(CCCC)CCCCCC)s3)c2)s1. The molecular weight excluding hydrogens is 521 g/mol. The molecule has 0 N–H and O–H groups in total. The molecular formula is C38H58S2. The highest BCUT2D eigenvalue weighted by Gasteiger charge is 2.14. The van der Waals surface area contributed by atoms with Gasteiger partial charge in [0.2, 0.25) is 0 Å². The summed E-state index contributed by atoms with van der Waals surface area (Å²) in [6.45, 7) is 9.30. The van der Waals surface area contributed by atoms with Gasteiger partial charge in [-0.15, -0.1) is 22.7 Å². The van der Waals surface area contributed by atoms with E-state index in [1.54, 1.807) is 9.75 Å². The summed E-state index contributed by atoms with van der Waals surface area (Å²) in [5, 5.41) is 0. The Bertz CT molecular complexity index is 962. The fourth-order valence-corrected chi connectivity index (χ4v) is 8.32. The third-order valence-electron chi connectivity index (χ3n) is 8.60. The van der Waals surface area contributed by atoms with Crippen molar-refractivity contribution in [2.45, 2.75) is 143 Å². The van der Waals surface area contributed by atoms with E-state index in [2.05, 4.69) is 76.2 Å². The van der Waals surface area contributed by atoms with Gasteiger partial charge in [0.05, 0.1) is 0 Å². The molecule has 2 unspecified atom stereocenters. The van der Waals surface area contributed by atoms with Gasteiger partial charge in [-0.25, -0.2) is 0 Å². The van der Waals surface area contributed by atoms with Crippen LogP contribution in [0.15, 0.2) is 48.5 Å². The standard InChI is InChI=1S/C38H58S2/c1-5-9-13-15-20-31(18-11-7-3)28-35-24-26-37(39-35)33-22-17-23-34(30-33)38-27-25-36(40-38)29-32(19-12-8-4)21-16-14-10-6-2/h17,22-27,30-32H,5-16,18-21,28-29H2,1-4H3. The number of hydrogen-bond acceptors (Lipinski definition) is 2. The molecule has 2 heteroatoms. The van der Waals surface area contributed by atoms with E-state index in [1.807, 2.05) is 22.7 Å². The molecule has 0 aliphatic heterocycles. The molecule has 2 aromatic heterocycles. The second kappa shape index (κ2) is 19.7. The van der Waals surface area contributed by atoms with E-state index in [0.29, 0.717) is 0 Å². The summed E-state index contributed by atoms with van der Waals surface area (Å²) >= 11 is 4.06. The highest BCUT2D eigenvalue weighted by molar-refractivity contribution is 7.16. The number of benzene rings is 1. The van der Waals surface area contributed by atoms with Gasteiger partial charge < -0.3 is 0 Å². The summed E-state index contributed by atoms with van der Waals surface area (Å²) in [6, 6.07) is 18.9. The first-order valence-corrected chi connectivity index (χ1v) is 18.6. The van der Waals surface area contributed by atoms with E-state index < -0.39 is 0 Å². The summed E-state index contributed by atoms with van der Waals surface area (Å²) in [5.74, 6) is 1.71. The van der Waals surface area contributed by atoms with Gasteiger partial charge in [-0.3, -0.25) is 0 Å². The predicted molar refractivity (Wildman–Crippen MR) is 184 cm³/mol. The zero-order chi connectivity index (χ0) is 28.4. The number of hydrogen-bond donors (Lipinski definition) is 0. The fraction of sp³-hybridized carbons (Fsp3) is 0.632. The maximum atomic E-state index is 2.43. The van der Waals surface area contributed by atoms with Crippen molar-refractivity contribution < 1.29 is 0 Å². The molecule has 0 radical (unpaired) electrons. The second-order valence-electron chi connectivity index (χ2n) is 12.2. The van der Waals surface area contributed by atoms with Crippen molar-refractivity contribution in [3.8, 4) is 20.9 Å². The Hall–Kier alpha value is -1.38. The van der Waals surface area contributed by atoms with Gasteiger partial charge in [-0.05, 0) is 66.1 Å². The Morgan fingerprint density at radius 1 is 0.475 bits per heavy atom. The average Bonchev–Trinajstić information content (AvgIpc) is 3.65. The quantitative estimate of drug-likeness (QED) is 0.104. The molecule has 0 bridgehead atoms. The van der Waals surface area contributed by atoms with Crippen LogP contribution in [0.5, 0.6) is 0 Å². The van der Waals surface area contributed by atoms with Gasteiger partial charge in [0.1, 0.15) is 0 Å². The molecule has 2 atom stereocenters. The normalized spacial score (nSPS) is 13.1. The van der Waals surface area contributed by atoms with Crippen LogP contribution in [0.1, 0.15) is 140 Å². The first-order valence-electron chi connectivity index (χ1n) is 16.9. The lowest BCUT2D eigenvalue weighted by Crippen LogP contribution is -2.04. The second-order valence-corrected chi connectivity index (χ2v) is 14.6. The number of rotatable bonds is 22. The topological polar surface area (TPSA) is 0 Å². The maximum absolute atomic E-state index is 2.43. The van der Waals surface area contributed by atoms with E-state index >= 15 is 0 Å². The van der Waals surface area contributed by atoms with Crippen molar-refractivity contribution in [2.24, 2.45) is 11.8 Å². The third kappa shape index (κ3) is 11.8. The van der Waals surface area contributed by atoms with Crippen molar-refractivity contribution in [1.29, 1.82) is 0 Å². The predicted octanol–water partition coefficient (Wildman–Crippen LogP) is 13.8. The molecule has 0 saturated heterocycles. The molecule has 3 aromatic rings. The van der Waals surface area contributed by atoms with Crippen molar-refractivity contribution in [2.75, 3.05) is 0 Å². The van der Waals surface area contributed by atoms with E-state index in [9.17, 15) is 0 Å². The molecule has 0 amide bonds. The summed E-state index contributed by atoms with van der Waals surface area (Å²) in [7, 11) is 0. The minimum absolute atomic E-state index is 0.854. The van der Waals surface area contributed by atoms with Crippen LogP contribution >= 0.6 is 22.7 Å². The highest BCUT2D eigenvalue weighted by Crippen LogP contribution is 2.36. The summed E-state index contributed by atoms with van der Waals surface area (Å²) in [6.07, 6.45) is 24.6. The molecule has 40 heavy (non-hydrogen) atoms. The van der Waals surface area contributed by atoms with Gasteiger partial charge >= 0.3 is 0 Å². The molecule has 222 valence electrons. The Morgan fingerprint density at radius 2 is 0.900 bits per heavy atom. The van der Waals surface area contributed by atoms with Gasteiger partial charge in [-0.1, -0.05) is 149 Å². The Labute approximate surface area is 256 Å². The lowest BCUT2D eigenvalue weighted by Gasteiger charge is -2.15. The van der Waals surface area contributed by atoms with E-state index in [1.165, 1.54) is 136 Å². The summed E-state index contributed by atoms with van der Waals surface area (Å²) < 4.78 is 0. The average molecular weight is 579 g/mol. The van der Waals surface area contributed by atoms with Crippen molar-refractivity contribution in [1.82, 2.24) is 0 Å². The van der Waals surface area contributed by atoms with Crippen LogP contribution < -0.4 is 0 Å². The highest BCUT2D eigenvalue weighted by atomic mass is 32.1. The number of thiophene rings is 2. The van der Waals surface area contributed by atoms with Gasteiger partial charge in [0, 0.05) is 19.5 Å². The van der Waals surface area contributed by atoms with Crippen LogP contribution in [-0.4, -0.2) is 0 Å². The van der Waals surface area contributed by atoms with Crippen LogP contribution in [0.3, 0.4) is 0 Å². The Balaban J connectivity index is 1.63. The summed E-state index contributed by atoms with van der Waals surface area (Å²) in [5.41, 5.74) is 2.77. The van der Waals surface area contributed by atoms with Crippen molar-refractivity contribution in [3.05, 3.63) is 58.3 Å². The van der Waals surface area contributed by atoms with E-state index in [4.69, 9.17) is 0 Å². The molecule has 1 aromatic carbocycles. The monoisotopic (exact) mass is 578 g/mol. The molecule has 2 heterocycles. The maximum Gasteiger partial charge on any atom is 0.0345 e. The summed E-state index contributed by atoms with van der Waals surface area (Å²) in [4.78, 5) is 6.01. The number of unbranched alkanes of at least 4 members (excludes halogenated alkanes) is 8. The van der Waals surface area contributed by atoms with Gasteiger partial charge in [0.25, 0.3) is 0 Å². The molecule has 0 aliphatic rings. The molecule has 0 nitrogen and oxygen atoms in total. The minimum Gasteiger partial charge on any atom is -0.140 e. The van der Waals surface area contributed by atoms with E-state index in [0.717, 1.165) is 11.8 Å². The first kappa shape index (κ1) is 33.1. The Morgan fingerprint density at radius 3 is 1.32 bits per heavy atom. The lowest BCUT2D eigenvalue weighted by atomic mass is 9.92. The zero-order valence-corrected chi connectivity index (χ0v) is 28.0. The first-order chi connectivity index (χ1) is 19.7. The van der Waals surface area contributed by atoms with Crippen LogP contribution in [-0.2, 0) is 12.8 Å². The molecule has 0 spiro atoms. The third-order valence-corrected chi connectivity index (χ3v) is 10.9. The van der Waals surface area contributed by atoms with E-state index in [-0.39, 0.29) is 0 Å². The van der Waals surface area contributed by atoms with Crippen LogP contribution in [0.4, 0.5) is 0 Å². The largest absolute Gasteiger partial charge is 0.140 e. The Kier molecular flexibility index (Phi) is 16.3. The van der Waals surface area contributed by atoms with Crippen LogP contribution in [0, 0.1) is 11.8 Å². The van der Waals surface area contributed by atoms with Crippen molar-refractivity contribution in [3.63, 3.8) is 0 Å². The molecule has 3 rings (SSSR count). The molecule has 0 fully saturated rings. The fourth-order valence-electron chi connectivity index (χ4n) is 6.08. The van der Waals surface area contributed by atoms with Crippen molar-refractivity contribution >= 4 is 22.7 Å². The van der Waals surface area contributed by atoms with Gasteiger partial charge in [0.15, 0.2) is 0 Å². The van der Waals surface area contributed by atoms with Gasteiger partial charge in [-0.2, -0.15) is 0 Å².